The molecular weight excluding hydrogens is 216 g/mol. The average Bonchev–Trinajstić information content (AvgIpc) is 2.83. The number of aromatic nitrogens is 1. The summed E-state index contributed by atoms with van der Waals surface area (Å²) in [7, 11) is 0. The normalized spacial score (nSPS) is 13.7. The number of terminal acetylenes is 1. The van der Waals surface area contributed by atoms with Crippen LogP contribution >= 0.6 is 11.3 Å². The minimum atomic E-state index is 0.896. The Morgan fingerprint density at radius 2 is 2.31 bits per heavy atom. The molecule has 1 N–H and O–H groups in total. The van der Waals surface area contributed by atoms with Crippen LogP contribution in [0.25, 0.3) is 0 Å². The third-order valence-corrected chi connectivity index (χ3v) is 4.00. The van der Waals surface area contributed by atoms with Crippen LogP contribution < -0.4 is 5.32 Å². The lowest BCUT2D eigenvalue weighted by Crippen LogP contribution is -2.14. The Morgan fingerprint density at radius 3 is 3.12 bits per heavy atom. The van der Waals surface area contributed by atoms with Crippen LogP contribution in [0.4, 0.5) is 0 Å². The zero-order valence-electron chi connectivity index (χ0n) is 9.59. The molecule has 3 heteroatoms. The Morgan fingerprint density at radius 1 is 1.38 bits per heavy atom. The average molecular weight is 234 g/mol. The fraction of sp³-hybridized carbons (Fsp3) is 0.615. The van der Waals surface area contributed by atoms with E-state index in [1.54, 1.807) is 0 Å². The van der Waals surface area contributed by atoms with Crippen molar-refractivity contribution in [3.63, 3.8) is 0 Å². The number of hydrogen-bond donors (Lipinski definition) is 1. The molecular formula is C13H18N2S. The van der Waals surface area contributed by atoms with Gasteiger partial charge in [-0.15, -0.1) is 23.7 Å². The van der Waals surface area contributed by atoms with Crippen molar-refractivity contribution in [3.05, 3.63) is 15.6 Å². The molecule has 0 saturated heterocycles. The minimum Gasteiger partial charge on any atom is -0.310 e. The van der Waals surface area contributed by atoms with Gasteiger partial charge >= 0.3 is 0 Å². The van der Waals surface area contributed by atoms with Crippen LogP contribution in [0.1, 0.15) is 41.3 Å². The van der Waals surface area contributed by atoms with E-state index in [4.69, 9.17) is 6.42 Å². The highest BCUT2D eigenvalue weighted by molar-refractivity contribution is 7.11. The van der Waals surface area contributed by atoms with Crippen molar-refractivity contribution < 1.29 is 0 Å². The molecule has 1 aliphatic carbocycles. The maximum Gasteiger partial charge on any atom is 0.107 e. The molecule has 0 radical (unpaired) electrons. The Bertz CT molecular complexity index is 354. The fourth-order valence-corrected chi connectivity index (χ4v) is 3.12. The summed E-state index contributed by atoms with van der Waals surface area (Å²) in [5, 5.41) is 4.68. The van der Waals surface area contributed by atoms with Crippen LogP contribution in [0.3, 0.4) is 0 Å². The van der Waals surface area contributed by atoms with Gasteiger partial charge in [-0.25, -0.2) is 4.98 Å². The van der Waals surface area contributed by atoms with Crippen molar-refractivity contribution in [1.29, 1.82) is 0 Å². The molecule has 0 amide bonds. The van der Waals surface area contributed by atoms with Crippen LogP contribution in [0.5, 0.6) is 0 Å². The lowest BCUT2D eigenvalue weighted by Gasteiger charge is -2.00. The lowest BCUT2D eigenvalue weighted by atomic mass is 10.2. The predicted molar refractivity (Wildman–Crippen MR) is 68.5 cm³/mol. The smallest absolute Gasteiger partial charge is 0.107 e. The molecule has 0 aromatic carbocycles. The predicted octanol–water partition coefficient (Wildman–Crippen LogP) is 2.52. The number of aryl methyl sites for hydroxylation is 2. The number of hydrogen-bond acceptors (Lipinski definition) is 3. The van der Waals surface area contributed by atoms with E-state index in [9.17, 15) is 0 Å². The van der Waals surface area contributed by atoms with Gasteiger partial charge in [0.15, 0.2) is 0 Å². The quantitative estimate of drug-likeness (QED) is 0.604. The van der Waals surface area contributed by atoms with Gasteiger partial charge in [0.25, 0.3) is 0 Å². The molecule has 0 unspecified atom stereocenters. The molecule has 86 valence electrons. The van der Waals surface area contributed by atoms with E-state index in [0.29, 0.717) is 0 Å². The van der Waals surface area contributed by atoms with Gasteiger partial charge in [0.2, 0.25) is 0 Å². The number of nitrogens with one attached hydrogen (secondary N) is 1. The molecule has 0 spiro atoms. The number of rotatable bonds is 6. The van der Waals surface area contributed by atoms with Crippen LogP contribution in [-0.2, 0) is 19.4 Å². The molecule has 0 aliphatic heterocycles. The SMILES string of the molecule is C#CCCCCNCc1nc2c(s1)CCC2. The van der Waals surface area contributed by atoms with Crippen molar-refractivity contribution in [2.75, 3.05) is 6.54 Å². The van der Waals surface area contributed by atoms with Crippen molar-refractivity contribution in [3.8, 4) is 12.3 Å². The second-order valence-electron chi connectivity index (χ2n) is 4.17. The third-order valence-electron chi connectivity index (χ3n) is 2.84. The van der Waals surface area contributed by atoms with Crippen molar-refractivity contribution in [2.45, 2.75) is 45.1 Å². The summed E-state index contributed by atoms with van der Waals surface area (Å²) in [6.45, 7) is 1.97. The Hall–Kier alpha value is -0.850. The first-order valence-electron chi connectivity index (χ1n) is 6.02. The number of thiazole rings is 1. The second-order valence-corrected chi connectivity index (χ2v) is 5.34. The van der Waals surface area contributed by atoms with Gasteiger partial charge < -0.3 is 5.32 Å². The number of unbranched alkanes of at least 4 members (excludes halogenated alkanes) is 2. The molecule has 0 fully saturated rings. The summed E-state index contributed by atoms with van der Waals surface area (Å²) in [6.07, 6.45) is 12.1. The van der Waals surface area contributed by atoms with E-state index in [1.807, 2.05) is 11.3 Å². The number of fused-ring (bicyclic) bond motifs is 1. The van der Waals surface area contributed by atoms with Crippen molar-refractivity contribution in [2.24, 2.45) is 0 Å². The largest absolute Gasteiger partial charge is 0.310 e. The summed E-state index contributed by atoms with van der Waals surface area (Å²) >= 11 is 1.88. The summed E-state index contributed by atoms with van der Waals surface area (Å²) in [4.78, 5) is 6.17. The van der Waals surface area contributed by atoms with E-state index in [0.717, 1.165) is 32.4 Å². The van der Waals surface area contributed by atoms with Gasteiger partial charge in [0, 0.05) is 17.8 Å². The van der Waals surface area contributed by atoms with Gasteiger partial charge in [-0.3, -0.25) is 0 Å². The standard InChI is InChI=1S/C13H18N2S/c1-2-3-4-5-9-14-10-13-15-11-7-6-8-12(11)16-13/h1,14H,3-10H2. The molecule has 1 aromatic rings. The first kappa shape index (κ1) is 11.6. The molecule has 16 heavy (non-hydrogen) atoms. The van der Waals surface area contributed by atoms with Crippen molar-refractivity contribution in [1.82, 2.24) is 10.3 Å². The molecule has 2 nitrogen and oxygen atoms in total. The van der Waals surface area contributed by atoms with Gasteiger partial charge in [-0.05, 0) is 38.6 Å². The third kappa shape index (κ3) is 3.07. The molecule has 2 rings (SSSR count). The molecule has 1 aliphatic rings. The monoisotopic (exact) mass is 234 g/mol. The summed E-state index contributed by atoms with van der Waals surface area (Å²) in [5.41, 5.74) is 1.36. The van der Waals surface area contributed by atoms with Gasteiger partial charge in [-0.1, -0.05) is 0 Å². The topological polar surface area (TPSA) is 24.9 Å². The highest BCUT2D eigenvalue weighted by Gasteiger charge is 2.15. The Kier molecular flexibility index (Phi) is 4.38. The Labute approximate surface area is 101 Å². The molecule has 0 saturated carbocycles. The van der Waals surface area contributed by atoms with Crippen LogP contribution in [0, 0.1) is 12.3 Å². The second kappa shape index (κ2) is 6.03. The summed E-state index contributed by atoms with van der Waals surface area (Å²) in [6, 6.07) is 0. The van der Waals surface area contributed by atoms with E-state index < -0.39 is 0 Å². The summed E-state index contributed by atoms with van der Waals surface area (Å²) in [5.74, 6) is 2.66. The van der Waals surface area contributed by atoms with E-state index >= 15 is 0 Å². The zero-order chi connectivity index (χ0) is 11.2. The van der Waals surface area contributed by atoms with Gasteiger partial charge in [0.05, 0.1) is 5.69 Å². The van der Waals surface area contributed by atoms with Crippen LogP contribution in [0.15, 0.2) is 0 Å². The Balaban J connectivity index is 1.64. The first-order chi connectivity index (χ1) is 7.90. The molecule has 0 atom stereocenters. The van der Waals surface area contributed by atoms with Crippen molar-refractivity contribution >= 4 is 11.3 Å². The van der Waals surface area contributed by atoms with Gasteiger partial charge in [0.1, 0.15) is 5.01 Å². The zero-order valence-corrected chi connectivity index (χ0v) is 10.4. The molecule has 1 aromatic heterocycles. The molecule has 1 heterocycles. The minimum absolute atomic E-state index is 0.896. The van der Waals surface area contributed by atoms with E-state index in [2.05, 4.69) is 16.2 Å². The lowest BCUT2D eigenvalue weighted by molar-refractivity contribution is 0.627. The van der Waals surface area contributed by atoms with Crippen LogP contribution in [-0.4, -0.2) is 11.5 Å². The maximum atomic E-state index is 5.20. The van der Waals surface area contributed by atoms with E-state index in [-0.39, 0.29) is 0 Å². The number of nitrogens with zero attached hydrogens (tertiary/aromatic N) is 1. The first-order valence-corrected chi connectivity index (χ1v) is 6.83. The highest BCUT2D eigenvalue weighted by atomic mass is 32.1. The fourth-order valence-electron chi connectivity index (χ4n) is 1.99. The molecule has 0 bridgehead atoms. The highest BCUT2D eigenvalue weighted by Crippen LogP contribution is 2.27. The summed E-state index contributed by atoms with van der Waals surface area (Å²) < 4.78 is 0. The van der Waals surface area contributed by atoms with Gasteiger partial charge in [-0.2, -0.15) is 0 Å². The van der Waals surface area contributed by atoms with Crippen LogP contribution in [0.2, 0.25) is 0 Å². The maximum absolute atomic E-state index is 5.20. The van der Waals surface area contributed by atoms with E-state index in [1.165, 1.54) is 34.8 Å².